The highest BCUT2D eigenvalue weighted by Crippen LogP contribution is 2.24. The number of carbonyl (C=O) groups is 4. The molecule has 176 valence electrons. The zero-order valence-corrected chi connectivity index (χ0v) is 19.9. The van der Waals surface area contributed by atoms with Crippen molar-refractivity contribution in [2.24, 2.45) is 0 Å². The topological polar surface area (TPSA) is 140 Å². The van der Waals surface area contributed by atoms with Crippen molar-refractivity contribution in [1.29, 1.82) is 0 Å². The van der Waals surface area contributed by atoms with Crippen LogP contribution in [0.15, 0.2) is 42.5 Å². The standard InChI is InChI=1S/C22H21N5O5S2/c1-12(28)8-18(29)16-9-13(6-7-17(16)26(2)11-19(30)31)20(32)23-14-4-3-5-15(10-14)27-21(33)24-25-22(27)34/h3-7,9-10H,8,11H2,1-2H3,(H,23,32)(H,24,33)(H,25,34)(H,30,31). The third kappa shape index (κ3) is 5.71. The first-order valence-electron chi connectivity index (χ1n) is 9.98. The Hall–Kier alpha value is -3.90. The Kier molecular flexibility index (Phi) is 7.54. The van der Waals surface area contributed by atoms with E-state index in [-0.39, 0.29) is 29.9 Å². The van der Waals surface area contributed by atoms with Gasteiger partial charge in [0.1, 0.15) is 12.3 Å². The number of amides is 1. The Morgan fingerprint density at radius 3 is 2.35 bits per heavy atom. The highest BCUT2D eigenvalue weighted by molar-refractivity contribution is 7.72. The lowest BCUT2D eigenvalue weighted by Crippen LogP contribution is -2.27. The van der Waals surface area contributed by atoms with E-state index in [1.807, 2.05) is 0 Å². The number of carboxylic acids is 1. The van der Waals surface area contributed by atoms with E-state index >= 15 is 0 Å². The predicted molar refractivity (Wildman–Crippen MR) is 131 cm³/mol. The number of hydrogen-bond acceptors (Lipinski definition) is 7. The molecule has 0 atom stereocenters. The van der Waals surface area contributed by atoms with Crippen molar-refractivity contribution >= 4 is 59.3 Å². The summed E-state index contributed by atoms with van der Waals surface area (Å²) in [4.78, 5) is 49.6. The van der Waals surface area contributed by atoms with Gasteiger partial charge in [-0.2, -0.15) is 0 Å². The second-order valence-electron chi connectivity index (χ2n) is 7.48. The van der Waals surface area contributed by atoms with Crippen molar-refractivity contribution in [3.8, 4) is 5.69 Å². The van der Waals surface area contributed by atoms with Crippen molar-refractivity contribution in [2.75, 3.05) is 23.8 Å². The summed E-state index contributed by atoms with van der Waals surface area (Å²) in [5.41, 5.74) is 1.66. The molecule has 4 N–H and O–H groups in total. The van der Waals surface area contributed by atoms with E-state index in [0.717, 1.165) is 0 Å². The van der Waals surface area contributed by atoms with Crippen LogP contribution in [-0.4, -0.2) is 56.9 Å². The number of benzene rings is 2. The van der Waals surface area contributed by atoms with Crippen LogP contribution in [0.25, 0.3) is 5.69 Å². The first-order chi connectivity index (χ1) is 16.1. The van der Waals surface area contributed by atoms with E-state index < -0.39 is 17.7 Å². The largest absolute Gasteiger partial charge is 0.480 e. The minimum Gasteiger partial charge on any atom is -0.480 e. The van der Waals surface area contributed by atoms with Crippen molar-refractivity contribution in [3.63, 3.8) is 0 Å². The average molecular weight is 500 g/mol. The van der Waals surface area contributed by atoms with Crippen molar-refractivity contribution in [1.82, 2.24) is 14.8 Å². The fourth-order valence-corrected chi connectivity index (χ4v) is 3.87. The minimum atomic E-state index is -1.09. The van der Waals surface area contributed by atoms with Gasteiger partial charge in [-0.25, -0.2) is 0 Å². The molecule has 0 saturated carbocycles. The van der Waals surface area contributed by atoms with Crippen molar-refractivity contribution < 1.29 is 24.3 Å². The number of nitrogens with one attached hydrogen (secondary N) is 3. The molecule has 34 heavy (non-hydrogen) atoms. The van der Waals surface area contributed by atoms with Crippen LogP contribution in [0.2, 0.25) is 0 Å². The summed E-state index contributed by atoms with van der Waals surface area (Å²) in [6.45, 7) is 0.924. The van der Waals surface area contributed by atoms with Gasteiger partial charge in [0.25, 0.3) is 5.91 Å². The minimum absolute atomic E-state index is 0.0882. The molecule has 3 aromatic rings. The zero-order chi connectivity index (χ0) is 25.0. The first kappa shape index (κ1) is 24.7. The van der Waals surface area contributed by atoms with E-state index in [2.05, 4.69) is 15.5 Å². The predicted octanol–water partition coefficient (Wildman–Crippen LogP) is 3.53. The molecule has 10 nitrogen and oxygen atoms in total. The number of aromatic amines is 2. The Morgan fingerprint density at radius 2 is 1.74 bits per heavy atom. The maximum atomic E-state index is 12.9. The Morgan fingerprint density at radius 1 is 1.06 bits per heavy atom. The van der Waals surface area contributed by atoms with Crippen LogP contribution in [0.5, 0.6) is 0 Å². The van der Waals surface area contributed by atoms with Crippen LogP contribution in [0.4, 0.5) is 11.4 Å². The lowest BCUT2D eigenvalue weighted by Gasteiger charge is -2.20. The van der Waals surface area contributed by atoms with Gasteiger partial charge in [-0.05, 0) is 67.8 Å². The highest BCUT2D eigenvalue weighted by atomic mass is 32.1. The molecule has 0 saturated heterocycles. The quantitative estimate of drug-likeness (QED) is 0.199. The number of carboxylic acid groups (broad SMARTS) is 1. The number of likely N-dealkylation sites (N-methyl/N-ethyl adjacent to an activating group) is 1. The number of rotatable bonds is 9. The molecule has 1 aromatic heterocycles. The molecule has 0 fully saturated rings. The summed E-state index contributed by atoms with van der Waals surface area (Å²) in [6, 6.07) is 11.2. The van der Waals surface area contributed by atoms with Gasteiger partial charge < -0.3 is 15.3 Å². The second-order valence-corrected chi connectivity index (χ2v) is 8.26. The second kappa shape index (κ2) is 10.4. The molecular formula is C22H21N5O5S2. The van der Waals surface area contributed by atoms with E-state index in [1.165, 1.54) is 37.1 Å². The summed E-state index contributed by atoms with van der Waals surface area (Å²) >= 11 is 10.4. The van der Waals surface area contributed by atoms with Gasteiger partial charge in [-0.1, -0.05) is 6.07 Å². The summed E-state index contributed by atoms with van der Waals surface area (Å²) in [7, 11) is 1.51. The van der Waals surface area contributed by atoms with Gasteiger partial charge in [0.05, 0.1) is 12.1 Å². The number of carbonyl (C=O) groups excluding carboxylic acids is 3. The highest BCUT2D eigenvalue weighted by Gasteiger charge is 2.20. The Labute approximate surface area is 204 Å². The smallest absolute Gasteiger partial charge is 0.323 e. The number of Topliss-reactive ketones (excluding diaryl/α,β-unsaturated/α-hetero) is 2. The van der Waals surface area contributed by atoms with Gasteiger partial charge in [0.2, 0.25) is 0 Å². The number of nitrogens with zero attached hydrogens (tertiary/aromatic N) is 2. The molecule has 0 radical (unpaired) electrons. The van der Waals surface area contributed by atoms with E-state index in [4.69, 9.17) is 29.5 Å². The maximum absolute atomic E-state index is 12.9. The molecule has 12 heteroatoms. The number of ketones is 2. The monoisotopic (exact) mass is 499 g/mol. The fraction of sp³-hybridized carbons (Fsp3) is 0.182. The number of hydrogen-bond donors (Lipinski definition) is 4. The van der Waals surface area contributed by atoms with Crippen LogP contribution in [0.3, 0.4) is 0 Å². The molecule has 0 aliphatic rings. The Balaban J connectivity index is 1.93. The summed E-state index contributed by atoms with van der Waals surface area (Å²) in [6.07, 6.45) is -0.362. The van der Waals surface area contributed by atoms with Gasteiger partial charge in [-0.3, -0.25) is 33.9 Å². The normalized spacial score (nSPS) is 10.5. The summed E-state index contributed by atoms with van der Waals surface area (Å²) in [5, 5.41) is 17.3. The molecule has 1 amide bonds. The third-order valence-corrected chi connectivity index (χ3v) is 5.37. The van der Waals surface area contributed by atoms with Gasteiger partial charge in [0, 0.05) is 29.5 Å². The first-order valence-corrected chi connectivity index (χ1v) is 10.8. The molecule has 0 aliphatic carbocycles. The van der Waals surface area contributed by atoms with Crippen LogP contribution in [0, 0.1) is 9.54 Å². The van der Waals surface area contributed by atoms with E-state index in [0.29, 0.717) is 26.6 Å². The van der Waals surface area contributed by atoms with Crippen molar-refractivity contribution in [3.05, 3.63) is 63.1 Å². The average Bonchev–Trinajstić information content (AvgIpc) is 3.10. The number of aromatic nitrogens is 3. The SMILES string of the molecule is CC(=O)CC(=O)c1cc(C(=O)Nc2cccc(-n3c(=S)[nH][nH]c3=S)c2)ccc1N(C)CC(=O)O. The zero-order valence-electron chi connectivity index (χ0n) is 18.2. The Bertz CT molecular complexity index is 1380. The lowest BCUT2D eigenvalue weighted by atomic mass is 10.0. The number of anilines is 2. The van der Waals surface area contributed by atoms with Crippen LogP contribution in [0.1, 0.15) is 34.1 Å². The van der Waals surface area contributed by atoms with Crippen LogP contribution < -0.4 is 10.2 Å². The molecule has 0 aliphatic heterocycles. The molecular weight excluding hydrogens is 478 g/mol. The molecule has 1 heterocycles. The molecule has 3 rings (SSSR count). The summed E-state index contributed by atoms with van der Waals surface area (Å²) in [5.74, 6) is -2.43. The lowest BCUT2D eigenvalue weighted by molar-refractivity contribution is -0.135. The molecule has 0 spiro atoms. The van der Waals surface area contributed by atoms with Gasteiger partial charge >= 0.3 is 5.97 Å². The molecule has 0 bridgehead atoms. The third-order valence-electron chi connectivity index (χ3n) is 4.80. The summed E-state index contributed by atoms with van der Waals surface area (Å²) < 4.78 is 2.32. The number of H-pyrrole nitrogens is 2. The van der Waals surface area contributed by atoms with Crippen LogP contribution >= 0.6 is 24.4 Å². The van der Waals surface area contributed by atoms with Crippen molar-refractivity contribution in [2.45, 2.75) is 13.3 Å². The fourth-order valence-electron chi connectivity index (χ4n) is 3.31. The van der Waals surface area contributed by atoms with E-state index in [9.17, 15) is 19.2 Å². The van der Waals surface area contributed by atoms with Gasteiger partial charge in [-0.15, -0.1) is 0 Å². The van der Waals surface area contributed by atoms with E-state index in [1.54, 1.807) is 28.8 Å². The molecule has 2 aromatic carbocycles. The number of aliphatic carboxylic acids is 1. The molecule has 0 unspecified atom stereocenters. The van der Waals surface area contributed by atoms with Crippen LogP contribution in [-0.2, 0) is 9.59 Å². The van der Waals surface area contributed by atoms with Gasteiger partial charge in [0.15, 0.2) is 15.3 Å². The maximum Gasteiger partial charge on any atom is 0.323 e.